The first-order valence-corrected chi connectivity index (χ1v) is 7.26. The fraction of sp³-hybridized carbons (Fsp3) is 0.0833. The Bertz CT molecular complexity index is 692. The van der Waals surface area contributed by atoms with Gasteiger partial charge in [0, 0.05) is 10.9 Å². The van der Waals surface area contributed by atoms with Crippen molar-refractivity contribution in [3.8, 4) is 0 Å². The molecule has 2 heterocycles. The van der Waals surface area contributed by atoms with Crippen molar-refractivity contribution in [2.24, 2.45) is 0 Å². The molecule has 0 saturated carbocycles. The molecule has 3 aromatic rings. The normalized spacial score (nSPS) is 11.0. The third-order valence-electron chi connectivity index (χ3n) is 2.39. The van der Waals surface area contributed by atoms with Crippen molar-refractivity contribution in [1.29, 1.82) is 0 Å². The Kier molecular flexibility index (Phi) is 3.20. The van der Waals surface area contributed by atoms with E-state index in [2.05, 4.69) is 10.3 Å². The number of nitrogens with one attached hydrogen (secondary N) is 1. The summed E-state index contributed by atoms with van der Waals surface area (Å²) in [5, 5.41) is 4.01. The summed E-state index contributed by atoms with van der Waals surface area (Å²) in [6.07, 6.45) is 0. The molecule has 0 radical (unpaired) electrons. The molecule has 1 N–H and O–H groups in total. The lowest BCUT2D eigenvalue weighted by atomic mass is 10.3. The van der Waals surface area contributed by atoms with E-state index in [4.69, 9.17) is 11.6 Å². The van der Waals surface area contributed by atoms with Crippen molar-refractivity contribution in [3.05, 3.63) is 45.4 Å². The molecule has 6 heteroatoms. The summed E-state index contributed by atoms with van der Waals surface area (Å²) in [4.78, 5) is 5.48. The molecule has 0 aliphatic rings. The number of rotatable bonds is 3. The van der Waals surface area contributed by atoms with Gasteiger partial charge >= 0.3 is 0 Å². The molecule has 0 amide bonds. The van der Waals surface area contributed by atoms with Crippen molar-refractivity contribution >= 4 is 49.6 Å². The number of aromatic nitrogens is 1. The Morgan fingerprint density at radius 3 is 2.89 bits per heavy atom. The number of nitrogens with zero attached hydrogens (tertiary/aromatic N) is 1. The molecular formula is C12H8ClFN2S2. The molecule has 92 valence electrons. The summed E-state index contributed by atoms with van der Waals surface area (Å²) in [5.41, 5.74) is 0.687. The van der Waals surface area contributed by atoms with Gasteiger partial charge in [0.2, 0.25) is 0 Å². The first kappa shape index (κ1) is 11.9. The quantitative estimate of drug-likeness (QED) is 0.754. The molecule has 0 saturated heterocycles. The van der Waals surface area contributed by atoms with Crippen molar-refractivity contribution in [2.45, 2.75) is 6.54 Å². The van der Waals surface area contributed by atoms with Crippen molar-refractivity contribution < 1.29 is 4.39 Å². The summed E-state index contributed by atoms with van der Waals surface area (Å²) < 4.78 is 14.8. The minimum atomic E-state index is -0.260. The number of fused-ring (bicyclic) bond motifs is 1. The Labute approximate surface area is 116 Å². The summed E-state index contributed by atoms with van der Waals surface area (Å²) >= 11 is 8.91. The highest BCUT2D eigenvalue weighted by Crippen LogP contribution is 2.28. The third-order valence-corrected chi connectivity index (χ3v) is 4.62. The zero-order valence-corrected chi connectivity index (χ0v) is 11.5. The number of anilines is 1. The fourth-order valence-corrected chi connectivity index (χ4v) is 3.45. The second kappa shape index (κ2) is 4.84. The number of hydrogen-bond donors (Lipinski definition) is 1. The van der Waals surface area contributed by atoms with E-state index >= 15 is 0 Å². The van der Waals surface area contributed by atoms with E-state index in [0.29, 0.717) is 12.1 Å². The Balaban J connectivity index is 1.78. The van der Waals surface area contributed by atoms with Gasteiger partial charge in [0.25, 0.3) is 0 Å². The van der Waals surface area contributed by atoms with Crippen LogP contribution in [0.1, 0.15) is 4.88 Å². The second-order valence-corrected chi connectivity index (χ2v) is 6.52. The second-order valence-electron chi connectivity index (χ2n) is 3.69. The lowest BCUT2D eigenvalue weighted by Gasteiger charge is -1.98. The lowest BCUT2D eigenvalue weighted by Crippen LogP contribution is -1.95. The zero-order chi connectivity index (χ0) is 12.5. The van der Waals surface area contributed by atoms with E-state index in [1.807, 2.05) is 12.1 Å². The van der Waals surface area contributed by atoms with Crippen LogP contribution in [0.25, 0.3) is 10.2 Å². The van der Waals surface area contributed by atoms with Gasteiger partial charge in [0.05, 0.1) is 21.1 Å². The van der Waals surface area contributed by atoms with Crippen molar-refractivity contribution in [3.63, 3.8) is 0 Å². The van der Waals surface area contributed by atoms with Crippen LogP contribution in [0, 0.1) is 5.82 Å². The lowest BCUT2D eigenvalue weighted by molar-refractivity contribution is 0.629. The summed E-state index contributed by atoms with van der Waals surface area (Å²) in [6, 6.07) is 8.49. The highest BCUT2D eigenvalue weighted by molar-refractivity contribution is 7.22. The first-order valence-electron chi connectivity index (χ1n) is 5.25. The number of hydrogen-bond acceptors (Lipinski definition) is 4. The van der Waals surface area contributed by atoms with Crippen LogP contribution in [0.15, 0.2) is 30.3 Å². The molecule has 2 nitrogen and oxygen atoms in total. The van der Waals surface area contributed by atoms with Gasteiger partial charge in [0.15, 0.2) is 5.13 Å². The van der Waals surface area contributed by atoms with Crippen LogP contribution in [0.3, 0.4) is 0 Å². The number of halogens is 2. The highest BCUT2D eigenvalue weighted by atomic mass is 35.5. The van der Waals surface area contributed by atoms with Crippen molar-refractivity contribution in [1.82, 2.24) is 4.98 Å². The van der Waals surface area contributed by atoms with Crippen LogP contribution in [-0.2, 0) is 6.54 Å². The molecule has 0 spiro atoms. The number of thiophene rings is 1. The molecule has 0 bridgehead atoms. The van der Waals surface area contributed by atoms with Gasteiger partial charge in [-0.3, -0.25) is 0 Å². The van der Waals surface area contributed by atoms with E-state index in [1.54, 1.807) is 6.07 Å². The van der Waals surface area contributed by atoms with Crippen LogP contribution < -0.4 is 5.32 Å². The van der Waals surface area contributed by atoms with Crippen LogP contribution in [0.5, 0.6) is 0 Å². The molecule has 18 heavy (non-hydrogen) atoms. The highest BCUT2D eigenvalue weighted by Gasteiger charge is 2.05. The topological polar surface area (TPSA) is 24.9 Å². The van der Waals surface area contributed by atoms with E-state index in [9.17, 15) is 4.39 Å². The van der Waals surface area contributed by atoms with E-state index < -0.39 is 0 Å². The van der Waals surface area contributed by atoms with Crippen LogP contribution in [0.4, 0.5) is 9.52 Å². The van der Waals surface area contributed by atoms with Gasteiger partial charge in [-0.25, -0.2) is 9.37 Å². The van der Waals surface area contributed by atoms with Gasteiger partial charge in [-0.1, -0.05) is 22.9 Å². The predicted octanol–water partition coefficient (Wildman–Crippen LogP) is 4.76. The van der Waals surface area contributed by atoms with Gasteiger partial charge < -0.3 is 5.32 Å². The minimum absolute atomic E-state index is 0.260. The van der Waals surface area contributed by atoms with Gasteiger partial charge in [-0.2, -0.15) is 0 Å². The SMILES string of the molecule is Fc1ccc2sc(NCc3ccc(Cl)s3)nc2c1. The molecule has 0 aliphatic heterocycles. The van der Waals surface area contributed by atoms with Crippen LogP contribution >= 0.6 is 34.3 Å². The molecule has 0 atom stereocenters. The number of thiazole rings is 1. The standard InChI is InChI=1S/C12H8ClFN2S2/c13-11-4-2-8(17-11)6-15-12-16-9-5-7(14)1-3-10(9)18-12/h1-5H,6H2,(H,15,16). The molecular weight excluding hydrogens is 291 g/mol. The molecule has 3 rings (SSSR count). The maximum atomic E-state index is 13.0. The Morgan fingerprint density at radius 2 is 2.11 bits per heavy atom. The van der Waals surface area contributed by atoms with E-state index in [1.165, 1.54) is 34.8 Å². The van der Waals surface area contributed by atoms with Crippen LogP contribution in [-0.4, -0.2) is 4.98 Å². The molecule has 0 unspecified atom stereocenters. The summed E-state index contributed by atoms with van der Waals surface area (Å²) in [7, 11) is 0. The van der Waals surface area contributed by atoms with Gasteiger partial charge in [0.1, 0.15) is 5.82 Å². The molecule has 1 aromatic carbocycles. The Hall–Kier alpha value is -1.17. The molecule has 0 fully saturated rings. The van der Waals surface area contributed by atoms with E-state index in [0.717, 1.165) is 19.0 Å². The smallest absolute Gasteiger partial charge is 0.184 e. The predicted molar refractivity (Wildman–Crippen MR) is 76.2 cm³/mol. The minimum Gasteiger partial charge on any atom is -0.357 e. The largest absolute Gasteiger partial charge is 0.357 e. The van der Waals surface area contributed by atoms with E-state index in [-0.39, 0.29) is 5.82 Å². The number of benzene rings is 1. The third kappa shape index (κ3) is 2.48. The average Bonchev–Trinajstić information content (AvgIpc) is 2.92. The maximum Gasteiger partial charge on any atom is 0.184 e. The van der Waals surface area contributed by atoms with Crippen LogP contribution in [0.2, 0.25) is 4.34 Å². The van der Waals surface area contributed by atoms with Crippen molar-refractivity contribution in [2.75, 3.05) is 5.32 Å². The summed E-state index contributed by atoms with van der Waals surface area (Å²) in [5.74, 6) is -0.260. The van der Waals surface area contributed by atoms with Gasteiger partial charge in [-0.15, -0.1) is 11.3 Å². The average molecular weight is 299 g/mol. The maximum absolute atomic E-state index is 13.0. The molecule has 0 aliphatic carbocycles. The monoisotopic (exact) mass is 298 g/mol. The zero-order valence-electron chi connectivity index (χ0n) is 9.11. The Morgan fingerprint density at radius 1 is 1.22 bits per heavy atom. The van der Waals surface area contributed by atoms with Gasteiger partial charge in [-0.05, 0) is 24.3 Å². The fourth-order valence-electron chi connectivity index (χ4n) is 1.59. The molecule has 2 aromatic heterocycles. The summed E-state index contributed by atoms with van der Waals surface area (Å²) in [6.45, 7) is 0.680. The first-order chi connectivity index (χ1) is 8.70.